The summed E-state index contributed by atoms with van der Waals surface area (Å²) in [7, 11) is 0. The summed E-state index contributed by atoms with van der Waals surface area (Å²) in [6.45, 7) is 0. The van der Waals surface area contributed by atoms with E-state index in [1.807, 2.05) is 0 Å². The first-order valence-corrected chi connectivity index (χ1v) is 6.19. The fraction of sp³-hybridized carbons (Fsp3) is 0.100. The molecule has 0 fully saturated rings. The molecule has 96 valence electrons. The first-order valence-electron chi connectivity index (χ1n) is 4.58. The molecule has 1 N–H and O–H groups in total. The largest absolute Gasteiger partial charge is 0.478 e. The summed E-state index contributed by atoms with van der Waals surface area (Å²) in [5.41, 5.74) is -4.54. The normalized spacial score (nSPS) is 12.0. The summed E-state index contributed by atoms with van der Waals surface area (Å²) in [6.07, 6.45) is 1.39. The standard InChI is InChI=1S/C10H5BrF3NO2S/c11-6-2-1-3-15-7(6)4-5(9(16)17)8(15)18-10(12,13)14/h1-4H,(H,16,17). The number of aromatic nitrogens is 1. The van der Waals surface area contributed by atoms with E-state index < -0.39 is 23.2 Å². The molecule has 8 heteroatoms. The van der Waals surface area contributed by atoms with Crippen LogP contribution in [0.25, 0.3) is 5.52 Å². The van der Waals surface area contributed by atoms with Crippen molar-refractivity contribution in [1.29, 1.82) is 0 Å². The van der Waals surface area contributed by atoms with E-state index in [0.717, 1.165) is 0 Å². The van der Waals surface area contributed by atoms with Crippen LogP contribution in [0.3, 0.4) is 0 Å². The highest BCUT2D eigenvalue weighted by Gasteiger charge is 2.33. The van der Waals surface area contributed by atoms with E-state index in [2.05, 4.69) is 15.9 Å². The van der Waals surface area contributed by atoms with Gasteiger partial charge in [0.25, 0.3) is 0 Å². The van der Waals surface area contributed by atoms with E-state index in [-0.39, 0.29) is 10.6 Å². The molecule has 0 saturated carbocycles. The van der Waals surface area contributed by atoms with Gasteiger partial charge in [0.1, 0.15) is 5.03 Å². The molecule has 18 heavy (non-hydrogen) atoms. The lowest BCUT2D eigenvalue weighted by molar-refractivity contribution is -0.0329. The zero-order valence-corrected chi connectivity index (χ0v) is 10.9. The van der Waals surface area contributed by atoms with Crippen LogP contribution in [0.4, 0.5) is 13.2 Å². The second-order valence-electron chi connectivity index (χ2n) is 3.33. The smallest absolute Gasteiger partial charge is 0.447 e. The Balaban J connectivity index is 2.71. The Kier molecular flexibility index (Phi) is 3.33. The molecular formula is C10H5BrF3NO2S. The summed E-state index contributed by atoms with van der Waals surface area (Å²) >= 11 is 2.73. The second-order valence-corrected chi connectivity index (χ2v) is 5.24. The lowest BCUT2D eigenvalue weighted by Gasteiger charge is -2.07. The van der Waals surface area contributed by atoms with Crippen molar-refractivity contribution >= 4 is 39.2 Å². The fourth-order valence-electron chi connectivity index (χ4n) is 1.51. The Hall–Kier alpha value is -1.15. The third kappa shape index (κ3) is 2.49. The van der Waals surface area contributed by atoms with Crippen molar-refractivity contribution in [1.82, 2.24) is 4.40 Å². The van der Waals surface area contributed by atoms with Crippen LogP contribution >= 0.6 is 27.7 Å². The number of thioether (sulfide) groups is 1. The minimum absolute atomic E-state index is 0.355. The number of alkyl halides is 3. The summed E-state index contributed by atoms with van der Waals surface area (Å²) in [6, 6.07) is 4.37. The third-order valence-electron chi connectivity index (χ3n) is 2.15. The topological polar surface area (TPSA) is 41.7 Å². The van der Waals surface area contributed by atoms with E-state index in [0.29, 0.717) is 9.99 Å². The van der Waals surface area contributed by atoms with Crippen molar-refractivity contribution in [3.05, 3.63) is 34.4 Å². The number of hydrogen-bond donors (Lipinski definition) is 1. The second kappa shape index (κ2) is 4.51. The van der Waals surface area contributed by atoms with Crippen LogP contribution in [0, 0.1) is 0 Å². The maximum Gasteiger partial charge on any atom is 0.447 e. The van der Waals surface area contributed by atoms with Gasteiger partial charge in [-0.3, -0.25) is 0 Å². The molecule has 2 rings (SSSR count). The van der Waals surface area contributed by atoms with Crippen molar-refractivity contribution < 1.29 is 23.1 Å². The van der Waals surface area contributed by atoms with Gasteiger partial charge in [-0.2, -0.15) is 13.2 Å². The quantitative estimate of drug-likeness (QED) is 0.840. The van der Waals surface area contributed by atoms with Gasteiger partial charge in [0.05, 0.1) is 11.1 Å². The molecule has 0 aromatic carbocycles. The molecule has 0 aliphatic carbocycles. The average molecular weight is 340 g/mol. The van der Waals surface area contributed by atoms with Crippen molar-refractivity contribution in [2.75, 3.05) is 0 Å². The minimum atomic E-state index is -4.54. The summed E-state index contributed by atoms with van der Waals surface area (Å²) in [5, 5.41) is 8.59. The van der Waals surface area contributed by atoms with Crippen molar-refractivity contribution in [3.8, 4) is 0 Å². The van der Waals surface area contributed by atoms with Crippen LogP contribution in [-0.2, 0) is 0 Å². The molecule has 0 aliphatic heterocycles. The molecule has 2 aromatic rings. The van der Waals surface area contributed by atoms with Crippen molar-refractivity contribution in [2.24, 2.45) is 0 Å². The lowest BCUT2D eigenvalue weighted by atomic mass is 10.3. The Morgan fingerprint density at radius 3 is 2.67 bits per heavy atom. The molecule has 2 aromatic heterocycles. The predicted molar refractivity (Wildman–Crippen MR) is 64.0 cm³/mol. The first-order chi connectivity index (χ1) is 8.29. The number of aromatic carboxylic acids is 1. The molecule has 0 radical (unpaired) electrons. The van der Waals surface area contributed by atoms with Gasteiger partial charge in [-0.15, -0.1) is 0 Å². The van der Waals surface area contributed by atoms with Crippen LogP contribution in [0.5, 0.6) is 0 Å². The number of rotatable bonds is 2. The molecule has 0 atom stereocenters. The lowest BCUT2D eigenvalue weighted by Crippen LogP contribution is -2.05. The Labute approximate surface area is 112 Å². The number of carbonyl (C=O) groups is 1. The number of hydrogen-bond acceptors (Lipinski definition) is 2. The zero-order chi connectivity index (χ0) is 13.5. The SMILES string of the molecule is O=C(O)c1cc2c(Br)cccn2c1SC(F)(F)F. The van der Waals surface area contributed by atoms with Gasteiger partial charge in [0.2, 0.25) is 0 Å². The predicted octanol–water partition coefficient (Wildman–Crippen LogP) is 4.01. The van der Waals surface area contributed by atoms with Gasteiger partial charge in [0.15, 0.2) is 0 Å². The maximum absolute atomic E-state index is 12.4. The Morgan fingerprint density at radius 2 is 2.11 bits per heavy atom. The monoisotopic (exact) mass is 339 g/mol. The molecule has 0 aliphatic rings. The molecule has 0 amide bonds. The highest BCUT2D eigenvalue weighted by atomic mass is 79.9. The van der Waals surface area contributed by atoms with Gasteiger partial charge in [-0.05, 0) is 34.1 Å². The summed E-state index contributed by atoms with van der Waals surface area (Å²) < 4.78 is 39.0. The van der Waals surface area contributed by atoms with Crippen LogP contribution in [0.2, 0.25) is 0 Å². The van der Waals surface area contributed by atoms with E-state index in [9.17, 15) is 18.0 Å². The number of halogens is 4. The van der Waals surface area contributed by atoms with Gasteiger partial charge >= 0.3 is 11.5 Å². The van der Waals surface area contributed by atoms with E-state index in [1.54, 1.807) is 6.07 Å². The van der Waals surface area contributed by atoms with Crippen molar-refractivity contribution in [2.45, 2.75) is 10.5 Å². The van der Waals surface area contributed by atoms with Gasteiger partial charge in [-0.1, -0.05) is 0 Å². The molecule has 2 heterocycles. The summed E-state index contributed by atoms with van der Waals surface area (Å²) in [4.78, 5) is 11.0. The van der Waals surface area contributed by atoms with Crippen LogP contribution in [-0.4, -0.2) is 21.0 Å². The van der Waals surface area contributed by atoms with E-state index >= 15 is 0 Å². The highest BCUT2D eigenvalue weighted by molar-refractivity contribution is 9.10. The van der Waals surface area contributed by atoms with Gasteiger partial charge in [-0.25, -0.2) is 4.79 Å². The molecule has 3 nitrogen and oxygen atoms in total. The summed E-state index contributed by atoms with van der Waals surface area (Å²) in [5.74, 6) is -1.39. The number of pyridine rings is 1. The number of fused-ring (bicyclic) bond motifs is 1. The van der Waals surface area contributed by atoms with Crippen molar-refractivity contribution in [3.63, 3.8) is 0 Å². The molecule has 0 bridgehead atoms. The molecular weight excluding hydrogens is 335 g/mol. The first kappa shape index (κ1) is 13.3. The van der Waals surface area contributed by atoms with E-state index in [1.165, 1.54) is 22.7 Å². The van der Waals surface area contributed by atoms with Crippen LogP contribution in [0.15, 0.2) is 33.9 Å². The molecule has 0 saturated heterocycles. The molecule has 0 unspecified atom stereocenters. The number of carboxylic acid groups (broad SMARTS) is 1. The van der Waals surface area contributed by atoms with E-state index in [4.69, 9.17) is 5.11 Å². The van der Waals surface area contributed by atoms with Gasteiger partial charge in [0, 0.05) is 22.4 Å². The highest BCUT2D eigenvalue weighted by Crippen LogP contribution is 2.40. The Bertz CT molecular complexity index is 623. The number of nitrogens with zero attached hydrogens (tertiary/aromatic N) is 1. The van der Waals surface area contributed by atoms with Crippen LogP contribution < -0.4 is 0 Å². The third-order valence-corrected chi connectivity index (χ3v) is 3.67. The average Bonchev–Trinajstić information content (AvgIpc) is 2.57. The fourth-order valence-corrected chi connectivity index (χ4v) is 2.70. The van der Waals surface area contributed by atoms with Crippen LogP contribution in [0.1, 0.15) is 10.4 Å². The molecule has 0 spiro atoms. The van der Waals surface area contributed by atoms with Gasteiger partial charge < -0.3 is 9.51 Å². The minimum Gasteiger partial charge on any atom is -0.478 e. The zero-order valence-electron chi connectivity index (χ0n) is 8.53. The maximum atomic E-state index is 12.4. The Morgan fingerprint density at radius 1 is 1.44 bits per heavy atom. The number of carboxylic acids is 1.